The standard InChI is InChI=1S/C23H22F2N4O3/c1-12-7-6-8-16(24)20(12)28-22(30)15-9-17(25)14(10-19(15)32-5)18-11-26-21(13(2)27-18)23(3,4)29-31/h6-11H,1-5H3,(H,28,30). The summed E-state index contributed by atoms with van der Waals surface area (Å²) in [6, 6.07) is 6.71. The maximum absolute atomic E-state index is 15.0. The van der Waals surface area contributed by atoms with Gasteiger partial charge in [-0.05, 0) is 51.5 Å². The predicted octanol–water partition coefficient (Wildman–Crippen LogP) is 5.30. The van der Waals surface area contributed by atoms with E-state index in [1.54, 1.807) is 33.8 Å². The van der Waals surface area contributed by atoms with Gasteiger partial charge in [0.1, 0.15) is 22.9 Å². The van der Waals surface area contributed by atoms with Gasteiger partial charge >= 0.3 is 0 Å². The fraction of sp³-hybridized carbons (Fsp3) is 0.261. The Hall–Kier alpha value is -3.75. The maximum atomic E-state index is 15.0. The molecule has 9 heteroatoms. The zero-order valence-electron chi connectivity index (χ0n) is 18.3. The Kier molecular flexibility index (Phi) is 6.29. The molecule has 0 aliphatic carbocycles. The number of methoxy groups -OCH3 is 1. The highest BCUT2D eigenvalue weighted by Crippen LogP contribution is 2.32. The summed E-state index contributed by atoms with van der Waals surface area (Å²) in [5.74, 6) is -1.99. The zero-order chi connectivity index (χ0) is 23.6. The molecular weight excluding hydrogens is 418 g/mol. The van der Waals surface area contributed by atoms with Crippen molar-refractivity contribution in [3.05, 3.63) is 75.6 Å². The number of hydrogen-bond donors (Lipinski definition) is 1. The van der Waals surface area contributed by atoms with Crippen LogP contribution in [0, 0.1) is 30.4 Å². The van der Waals surface area contributed by atoms with Crippen LogP contribution in [0.1, 0.15) is 41.2 Å². The number of amides is 1. The molecule has 0 aliphatic rings. The van der Waals surface area contributed by atoms with Crippen molar-refractivity contribution >= 4 is 11.6 Å². The topological polar surface area (TPSA) is 93.5 Å². The average Bonchev–Trinajstić information content (AvgIpc) is 2.75. The Morgan fingerprint density at radius 1 is 1.16 bits per heavy atom. The summed E-state index contributed by atoms with van der Waals surface area (Å²) in [5.41, 5.74) is 0.380. The maximum Gasteiger partial charge on any atom is 0.259 e. The molecule has 0 radical (unpaired) electrons. The van der Waals surface area contributed by atoms with E-state index >= 15 is 0 Å². The molecule has 0 spiro atoms. The van der Waals surface area contributed by atoms with Crippen molar-refractivity contribution in [1.82, 2.24) is 9.97 Å². The number of para-hydroxylation sites is 1. The molecule has 1 aromatic heterocycles. The number of nitrogens with one attached hydrogen (secondary N) is 1. The number of aromatic nitrogens is 2. The van der Waals surface area contributed by atoms with Crippen molar-refractivity contribution in [2.24, 2.45) is 5.18 Å². The van der Waals surface area contributed by atoms with Gasteiger partial charge in [-0.25, -0.2) is 13.8 Å². The van der Waals surface area contributed by atoms with Gasteiger partial charge in [-0.2, -0.15) is 0 Å². The van der Waals surface area contributed by atoms with Crippen molar-refractivity contribution in [2.45, 2.75) is 33.2 Å². The molecule has 0 atom stereocenters. The molecule has 1 N–H and O–H groups in total. The van der Waals surface area contributed by atoms with E-state index < -0.39 is 23.1 Å². The van der Waals surface area contributed by atoms with Crippen LogP contribution in [-0.2, 0) is 5.54 Å². The lowest BCUT2D eigenvalue weighted by molar-refractivity contribution is 0.102. The van der Waals surface area contributed by atoms with Crippen LogP contribution in [0.5, 0.6) is 5.75 Å². The van der Waals surface area contributed by atoms with Gasteiger partial charge in [0.15, 0.2) is 0 Å². The van der Waals surface area contributed by atoms with Gasteiger partial charge in [-0.15, -0.1) is 4.91 Å². The summed E-state index contributed by atoms with van der Waals surface area (Å²) >= 11 is 0. The molecule has 32 heavy (non-hydrogen) atoms. The van der Waals surface area contributed by atoms with E-state index in [-0.39, 0.29) is 28.3 Å². The summed E-state index contributed by atoms with van der Waals surface area (Å²) < 4.78 is 34.4. The minimum absolute atomic E-state index is 0.00696. The number of nitroso groups, excluding NO2 is 1. The summed E-state index contributed by atoms with van der Waals surface area (Å²) in [7, 11) is 1.33. The second kappa shape index (κ2) is 8.78. The van der Waals surface area contributed by atoms with E-state index in [2.05, 4.69) is 20.5 Å². The number of hydrogen-bond acceptors (Lipinski definition) is 6. The van der Waals surface area contributed by atoms with Crippen LogP contribution in [0.3, 0.4) is 0 Å². The number of rotatable bonds is 6. The molecule has 1 amide bonds. The van der Waals surface area contributed by atoms with Crippen LogP contribution in [0.25, 0.3) is 11.3 Å². The first-order valence-electron chi connectivity index (χ1n) is 9.72. The van der Waals surface area contributed by atoms with Crippen molar-refractivity contribution < 1.29 is 18.3 Å². The highest BCUT2D eigenvalue weighted by Gasteiger charge is 2.27. The third-order valence-corrected chi connectivity index (χ3v) is 5.02. The number of aryl methyl sites for hydroxylation is 2. The van der Waals surface area contributed by atoms with E-state index in [0.717, 1.165) is 6.07 Å². The molecule has 3 rings (SSSR count). The van der Waals surface area contributed by atoms with E-state index in [4.69, 9.17) is 4.74 Å². The second-order valence-corrected chi connectivity index (χ2v) is 7.76. The van der Waals surface area contributed by atoms with E-state index in [0.29, 0.717) is 17.0 Å². The van der Waals surface area contributed by atoms with Gasteiger partial charge in [-0.1, -0.05) is 17.3 Å². The van der Waals surface area contributed by atoms with Crippen LogP contribution in [0.4, 0.5) is 14.5 Å². The van der Waals surface area contributed by atoms with Crippen LogP contribution in [0.15, 0.2) is 41.7 Å². The molecular formula is C23H22F2N4O3. The number of carbonyl (C=O) groups is 1. The number of anilines is 1. The smallest absolute Gasteiger partial charge is 0.259 e. The molecule has 1 heterocycles. The summed E-state index contributed by atoms with van der Waals surface area (Å²) in [6.45, 7) is 6.49. The Morgan fingerprint density at radius 2 is 1.88 bits per heavy atom. The van der Waals surface area contributed by atoms with Gasteiger partial charge in [0.25, 0.3) is 5.91 Å². The number of halogens is 2. The first-order chi connectivity index (χ1) is 15.1. The summed E-state index contributed by atoms with van der Waals surface area (Å²) in [5, 5.41) is 5.53. The third-order valence-electron chi connectivity index (χ3n) is 5.02. The molecule has 0 bridgehead atoms. The Morgan fingerprint density at radius 3 is 2.47 bits per heavy atom. The van der Waals surface area contributed by atoms with Crippen molar-refractivity contribution in [1.29, 1.82) is 0 Å². The van der Waals surface area contributed by atoms with Crippen LogP contribution < -0.4 is 10.1 Å². The second-order valence-electron chi connectivity index (χ2n) is 7.76. The molecule has 7 nitrogen and oxygen atoms in total. The van der Waals surface area contributed by atoms with Crippen molar-refractivity contribution in [3.63, 3.8) is 0 Å². The number of nitrogens with zero attached hydrogens (tertiary/aromatic N) is 3. The number of ether oxygens (including phenoxy) is 1. The lowest BCUT2D eigenvalue weighted by Crippen LogP contribution is -2.18. The molecule has 0 saturated heterocycles. The van der Waals surface area contributed by atoms with Crippen LogP contribution in [0.2, 0.25) is 0 Å². The van der Waals surface area contributed by atoms with Gasteiger partial charge in [-0.3, -0.25) is 9.78 Å². The summed E-state index contributed by atoms with van der Waals surface area (Å²) in [6.07, 6.45) is 1.33. The third kappa shape index (κ3) is 4.32. The molecule has 166 valence electrons. The van der Waals surface area contributed by atoms with Gasteiger partial charge < -0.3 is 10.1 Å². The monoisotopic (exact) mass is 440 g/mol. The number of benzene rings is 2. The fourth-order valence-corrected chi connectivity index (χ4v) is 3.32. The SMILES string of the molecule is COc1cc(-c2cnc(C(C)(C)N=O)c(C)n2)c(F)cc1C(=O)Nc1c(C)cccc1F. The van der Waals surface area contributed by atoms with Crippen LogP contribution >= 0.6 is 0 Å². The zero-order valence-corrected chi connectivity index (χ0v) is 18.3. The highest BCUT2D eigenvalue weighted by molar-refractivity contribution is 6.07. The van der Waals surface area contributed by atoms with Crippen LogP contribution in [-0.4, -0.2) is 23.0 Å². The van der Waals surface area contributed by atoms with Crippen molar-refractivity contribution in [2.75, 3.05) is 12.4 Å². The van der Waals surface area contributed by atoms with E-state index in [1.807, 2.05) is 0 Å². The minimum Gasteiger partial charge on any atom is -0.496 e. The van der Waals surface area contributed by atoms with Gasteiger partial charge in [0.2, 0.25) is 0 Å². The molecule has 0 fully saturated rings. The summed E-state index contributed by atoms with van der Waals surface area (Å²) in [4.78, 5) is 32.4. The predicted molar refractivity (Wildman–Crippen MR) is 117 cm³/mol. The van der Waals surface area contributed by atoms with E-state index in [1.165, 1.54) is 31.5 Å². The van der Waals surface area contributed by atoms with Crippen molar-refractivity contribution in [3.8, 4) is 17.0 Å². The Bertz CT molecular complexity index is 1190. The normalized spacial score (nSPS) is 11.2. The minimum atomic E-state index is -1.08. The average molecular weight is 440 g/mol. The molecule has 2 aromatic carbocycles. The Balaban J connectivity index is 2.01. The first kappa shape index (κ1) is 22.9. The Labute approximate surface area is 183 Å². The highest BCUT2D eigenvalue weighted by atomic mass is 19.1. The van der Waals surface area contributed by atoms with Gasteiger partial charge in [0.05, 0.1) is 41.6 Å². The lowest BCUT2D eigenvalue weighted by atomic mass is 9.99. The van der Waals surface area contributed by atoms with Gasteiger partial charge in [0, 0.05) is 5.56 Å². The molecule has 0 saturated carbocycles. The molecule has 0 aliphatic heterocycles. The van der Waals surface area contributed by atoms with E-state index in [9.17, 15) is 18.5 Å². The lowest BCUT2D eigenvalue weighted by Gasteiger charge is -2.17. The quantitative estimate of drug-likeness (QED) is 0.525. The first-order valence-corrected chi connectivity index (χ1v) is 9.72. The molecule has 3 aromatic rings. The molecule has 0 unspecified atom stereocenters. The number of carbonyl (C=O) groups excluding carboxylic acids is 1. The largest absolute Gasteiger partial charge is 0.496 e. The fourth-order valence-electron chi connectivity index (χ4n) is 3.32.